The minimum absolute atomic E-state index is 0.558. The summed E-state index contributed by atoms with van der Waals surface area (Å²) in [5.74, 6) is -3.96. The van der Waals surface area contributed by atoms with Gasteiger partial charge in [0.15, 0.2) is 0 Å². The van der Waals surface area contributed by atoms with Gasteiger partial charge in [0.25, 0.3) is 0 Å². The lowest BCUT2D eigenvalue weighted by Crippen LogP contribution is -2.31. The van der Waals surface area contributed by atoms with Crippen LogP contribution in [0.2, 0.25) is 0 Å². The van der Waals surface area contributed by atoms with E-state index in [1.54, 1.807) is 6.08 Å². The predicted octanol–water partition coefficient (Wildman–Crippen LogP) is 1.80. The molecule has 13 nitrogen and oxygen atoms in total. The Kier molecular flexibility index (Phi) is 14.9. The summed E-state index contributed by atoms with van der Waals surface area (Å²) in [7, 11) is 2.19. The van der Waals surface area contributed by atoms with E-state index in [-0.39, 0.29) is 0 Å². The lowest BCUT2D eigenvalue weighted by Gasteiger charge is -2.23. The Morgan fingerprint density at radius 1 is 0.897 bits per heavy atom. The first-order valence-corrected chi connectivity index (χ1v) is 11.9. The summed E-state index contributed by atoms with van der Waals surface area (Å²) < 4.78 is 7.89. The fourth-order valence-corrected chi connectivity index (χ4v) is 3.38. The van der Waals surface area contributed by atoms with E-state index in [2.05, 4.69) is 46.2 Å². The highest BCUT2D eigenvalue weighted by Crippen LogP contribution is 2.23. The molecule has 1 aromatic carbocycles. The maximum absolute atomic E-state index is 9.55. The van der Waals surface area contributed by atoms with Crippen molar-refractivity contribution in [2.75, 3.05) is 51.3 Å². The third-order valence-electron chi connectivity index (χ3n) is 5.07. The number of carbonyl (C=O) groups is 4. The Morgan fingerprint density at radius 3 is 2.00 bits per heavy atom. The number of fused-ring (bicyclic) bond motifs is 1. The number of benzene rings is 1. The van der Waals surface area contributed by atoms with Gasteiger partial charge >= 0.3 is 23.9 Å². The van der Waals surface area contributed by atoms with Gasteiger partial charge in [-0.1, -0.05) is 18.2 Å². The van der Waals surface area contributed by atoms with Gasteiger partial charge < -0.3 is 39.5 Å². The maximum atomic E-state index is 9.55. The van der Waals surface area contributed by atoms with Crippen LogP contribution in [-0.4, -0.2) is 105 Å². The van der Waals surface area contributed by atoms with E-state index in [0.717, 1.165) is 44.2 Å². The van der Waals surface area contributed by atoms with E-state index in [9.17, 15) is 19.2 Å². The van der Waals surface area contributed by atoms with Crippen molar-refractivity contribution in [2.45, 2.75) is 13.0 Å². The highest BCUT2D eigenvalue weighted by Gasteiger charge is 2.19. The molecule has 2 heterocycles. The summed E-state index contributed by atoms with van der Waals surface area (Å²) >= 11 is 0. The Labute approximate surface area is 225 Å². The topological polar surface area (TPSA) is 183 Å². The number of carboxylic acids is 4. The van der Waals surface area contributed by atoms with Crippen LogP contribution >= 0.6 is 0 Å². The molecule has 0 unspecified atom stereocenters. The molecule has 1 saturated heterocycles. The van der Waals surface area contributed by atoms with Gasteiger partial charge in [-0.2, -0.15) is 0 Å². The fraction of sp³-hybridized carbons (Fsp3) is 0.346. The van der Waals surface area contributed by atoms with Gasteiger partial charge in [0, 0.05) is 50.5 Å². The second kappa shape index (κ2) is 17.9. The number of imidazole rings is 1. The SMILES string of the molecule is C=CCOCCn1c(N2CCCN(C)CC2)nc2ccccc21.O=C(O)/C=C/C(=O)O.O=C(O)/C=C/C(=O)O. The first kappa shape index (κ1) is 32.5. The standard InChI is InChI=1S/C18H26N4O.2C4H4O4/c1-3-14-23-15-13-22-17-8-5-4-7-16(17)19-18(22)21-10-6-9-20(2)11-12-21;2*5-3(6)1-2-4(7)8/h3-5,7-8H,1,6,9-15H2,2H3;2*1-2H,(H,5,6)(H,7,8)/b;2*2-1+. The number of ether oxygens (including phenoxy) is 1. The molecule has 1 aliphatic heterocycles. The second-order valence-corrected chi connectivity index (χ2v) is 8.08. The number of aliphatic carboxylic acids is 4. The molecule has 1 fully saturated rings. The lowest BCUT2D eigenvalue weighted by molar-refractivity contribution is -0.134. The van der Waals surface area contributed by atoms with Crippen molar-refractivity contribution in [2.24, 2.45) is 0 Å². The van der Waals surface area contributed by atoms with Gasteiger partial charge in [0.2, 0.25) is 5.95 Å². The van der Waals surface area contributed by atoms with Crippen LogP contribution < -0.4 is 4.90 Å². The van der Waals surface area contributed by atoms with Crippen LogP contribution in [0.4, 0.5) is 5.95 Å². The van der Waals surface area contributed by atoms with E-state index in [0.29, 0.717) is 37.5 Å². The van der Waals surface area contributed by atoms with Crippen LogP contribution in [0.1, 0.15) is 6.42 Å². The Morgan fingerprint density at radius 2 is 1.46 bits per heavy atom. The molecule has 39 heavy (non-hydrogen) atoms. The molecular weight excluding hydrogens is 512 g/mol. The monoisotopic (exact) mass is 546 g/mol. The minimum Gasteiger partial charge on any atom is -0.478 e. The zero-order valence-corrected chi connectivity index (χ0v) is 21.7. The number of likely N-dealkylation sites (N-methyl/N-ethyl adjacent to an activating group) is 1. The van der Waals surface area contributed by atoms with Crippen LogP contribution in [0, 0.1) is 0 Å². The van der Waals surface area contributed by atoms with Gasteiger partial charge in [-0.25, -0.2) is 24.2 Å². The van der Waals surface area contributed by atoms with Crippen molar-refractivity contribution in [1.29, 1.82) is 0 Å². The summed E-state index contributed by atoms with van der Waals surface area (Å²) in [5.41, 5.74) is 2.24. The van der Waals surface area contributed by atoms with Crippen molar-refractivity contribution in [3.63, 3.8) is 0 Å². The number of hydrogen-bond donors (Lipinski definition) is 4. The molecule has 4 N–H and O–H groups in total. The second-order valence-electron chi connectivity index (χ2n) is 8.08. The summed E-state index contributed by atoms with van der Waals surface area (Å²) in [6, 6.07) is 8.35. The van der Waals surface area contributed by atoms with E-state index < -0.39 is 23.9 Å². The fourth-order valence-electron chi connectivity index (χ4n) is 3.38. The highest BCUT2D eigenvalue weighted by molar-refractivity contribution is 5.90. The van der Waals surface area contributed by atoms with Gasteiger partial charge in [-0.15, -0.1) is 6.58 Å². The molecule has 212 valence electrons. The lowest BCUT2D eigenvalue weighted by atomic mass is 10.3. The number of anilines is 1. The molecule has 0 atom stereocenters. The van der Waals surface area contributed by atoms with Gasteiger partial charge in [0.1, 0.15) is 0 Å². The first-order chi connectivity index (χ1) is 18.5. The van der Waals surface area contributed by atoms with Gasteiger partial charge in [-0.3, -0.25) is 0 Å². The summed E-state index contributed by atoms with van der Waals surface area (Å²) in [6.07, 6.45) is 5.19. The smallest absolute Gasteiger partial charge is 0.328 e. The molecule has 0 saturated carbocycles. The van der Waals surface area contributed by atoms with E-state index in [4.69, 9.17) is 30.1 Å². The van der Waals surface area contributed by atoms with Crippen molar-refractivity contribution in [1.82, 2.24) is 14.5 Å². The average Bonchev–Trinajstić information content (AvgIpc) is 3.11. The van der Waals surface area contributed by atoms with Gasteiger partial charge in [0.05, 0.1) is 24.2 Å². The summed E-state index contributed by atoms with van der Waals surface area (Å²) in [4.78, 5) is 47.9. The third kappa shape index (κ3) is 13.6. The molecule has 0 amide bonds. The molecule has 0 radical (unpaired) electrons. The van der Waals surface area contributed by atoms with Crippen LogP contribution in [0.3, 0.4) is 0 Å². The minimum atomic E-state index is -1.26. The van der Waals surface area contributed by atoms with Crippen molar-refractivity contribution in [3.8, 4) is 0 Å². The molecule has 1 aromatic heterocycles. The van der Waals surface area contributed by atoms with E-state index in [1.807, 2.05) is 6.07 Å². The van der Waals surface area contributed by atoms with Gasteiger partial charge in [-0.05, 0) is 32.1 Å². The van der Waals surface area contributed by atoms with Crippen LogP contribution in [-0.2, 0) is 30.5 Å². The maximum Gasteiger partial charge on any atom is 0.328 e. The van der Waals surface area contributed by atoms with Crippen molar-refractivity contribution < 1.29 is 44.3 Å². The predicted molar refractivity (Wildman–Crippen MR) is 144 cm³/mol. The molecule has 1 aliphatic rings. The van der Waals surface area contributed by atoms with Crippen LogP contribution in [0.15, 0.2) is 61.2 Å². The molecule has 3 rings (SSSR count). The summed E-state index contributed by atoms with van der Waals surface area (Å²) in [5, 5.41) is 31.2. The van der Waals surface area contributed by atoms with Crippen molar-refractivity contribution in [3.05, 3.63) is 61.2 Å². The zero-order chi connectivity index (χ0) is 29.2. The third-order valence-corrected chi connectivity index (χ3v) is 5.07. The molecule has 2 aromatic rings. The van der Waals surface area contributed by atoms with Crippen molar-refractivity contribution >= 4 is 40.9 Å². The first-order valence-electron chi connectivity index (χ1n) is 11.9. The quantitative estimate of drug-likeness (QED) is 0.193. The average molecular weight is 547 g/mol. The van der Waals surface area contributed by atoms with Crippen LogP contribution in [0.25, 0.3) is 11.0 Å². The van der Waals surface area contributed by atoms with Crippen LogP contribution in [0.5, 0.6) is 0 Å². The number of carboxylic acid groups (broad SMARTS) is 4. The number of hydrogen-bond acceptors (Lipinski definition) is 8. The number of para-hydroxylation sites is 2. The molecule has 0 bridgehead atoms. The van der Waals surface area contributed by atoms with E-state index in [1.165, 1.54) is 11.9 Å². The molecular formula is C26H34N4O9. The molecule has 0 spiro atoms. The number of aromatic nitrogens is 2. The largest absolute Gasteiger partial charge is 0.478 e. The van der Waals surface area contributed by atoms with E-state index >= 15 is 0 Å². The summed E-state index contributed by atoms with van der Waals surface area (Å²) in [6.45, 7) is 10.1. The Balaban J connectivity index is 0.000000393. The Hall–Kier alpha value is -4.49. The number of nitrogens with zero attached hydrogens (tertiary/aromatic N) is 4. The molecule has 13 heteroatoms. The normalized spacial score (nSPS) is 13.7. The zero-order valence-electron chi connectivity index (χ0n) is 21.7. The highest BCUT2D eigenvalue weighted by atomic mass is 16.5. The molecule has 0 aliphatic carbocycles. The number of rotatable bonds is 10. The Bertz CT molecular complexity index is 1110.